The van der Waals surface area contributed by atoms with Crippen LogP contribution in [0.25, 0.3) is 6.08 Å². The Kier molecular flexibility index (Phi) is 3.75. The molecule has 1 amide bonds. The maximum Gasteiger partial charge on any atom is 0.250 e. The van der Waals surface area contributed by atoms with Crippen molar-refractivity contribution in [3.63, 3.8) is 0 Å². The first-order chi connectivity index (χ1) is 8.13. The van der Waals surface area contributed by atoms with Crippen molar-refractivity contribution in [1.29, 1.82) is 0 Å². The van der Waals surface area contributed by atoms with Crippen molar-refractivity contribution in [1.82, 2.24) is 4.98 Å². The fourth-order valence-electron chi connectivity index (χ4n) is 1.13. The minimum absolute atomic E-state index is 0.230. The van der Waals surface area contributed by atoms with E-state index in [4.69, 9.17) is 4.42 Å². The number of carbonyl (C=O) groups is 1. The molecule has 4 nitrogen and oxygen atoms in total. The van der Waals surface area contributed by atoms with E-state index in [0.717, 1.165) is 5.69 Å². The third-order valence-corrected chi connectivity index (χ3v) is 3.14. The fraction of sp³-hybridized carbons (Fsp3) is 0.0909. The van der Waals surface area contributed by atoms with E-state index < -0.39 is 0 Å². The smallest absolute Gasteiger partial charge is 0.250 e. The first-order valence-corrected chi connectivity index (χ1v) is 6.47. The maximum absolute atomic E-state index is 11.5. The normalized spacial score (nSPS) is 10.9. The van der Waals surface area contributed by atoms with Crippen molar-refractivity contribution in [3.05, 3.63) is 39.7 Å². The van der Waals surface area contributed by atoms with Crippen molar-refractivity contribution in [2.45, 2.75) is 6.92 Å². The van der Waals surface area contributed by atoms with Crippen molar-refractivity contribution < 1.29 is 9.21 Å². The molecule has 0 aliphatic carbocycles. The molecule has 0 radical (unpaired) electrons. The van der Waals surface area contributed by atoms with Gasteiger partial charge in [0.25, 0.3) is 0 Å². The summed E-state index contributed by atoms with van der Waals surface area (Å²) >= 11 is 4.58. The first-order valence-electron chi connectivity index (χ1n) is 4.80. The molecular weight excluding hydrogens is 304 g/mol. The highest BCUT2D eigenvalue weighted by molar-refractivity contribution is 9.10. The molecule has 0 saturated heterocycles. The monoisotopic (exact) mass is 312 g/mol. The van der Waals surface area contributed by atoms with E-state index in [1.807, 2.05) is 12.3 Å². The summed E-state index contributed by atoms with van der Waals surface area (Å²) < 4.78 is 5.86. The number of rotatable bonds is 3. The Bertz CT molecular complexity index is 559. The lowest BCUT2D eigenvalue weighted by Gasteiger charge is -1.94. The highest BCUT2D eigenvalue weighted by Gasteiger charge is 2.02. The van der Waals surface area contributed by atoms with Crippen LogP contribution in [0.4, 0.5) is 5.13 Å². The van der Waals surface area contributed by atoms with Crippen molar-refractivity contribution in [3.8, 4) is 0 Å². The van der Waals surface area contributed by atoms with E-state index in [0.29, 0.717) is 15.6 Å². The molecule has 2 aromatic rings. The Hall–Kier alpha value is -1.40. The van der Waals surface area contributed by atoms with Crippen LogP contribution in [0.5, 0.6) is 0 Å². The second-order valence-electron chi connectivity index (χ2n) is 3.26. The summed E-state index contributed by atoms with van der Waals surface area (Å²) in [4.78, 5) is 15.6. The van der Waals surface area contributed by atoms with Gasteiger partial charge in [-0.1, -0.05) is 0 Å². The molecule has 0 saturated carbocycles. The SMILES string of the molecule is Cc1csc(NC(=O)/C=C/c2ccc(Br)o2)n1. The second-order valence-corrected chi connectivity index (χ2v) is 4.90. The minimum Gasteiger partial charge on any atom is -0.450 e. The average Bonchev–Trinajstić information content (AvgIpc) is 2.85. The fourth-order valence-corrected chi connectivity index (χ4v) is 2.14. The highest BCUT2D eigenvalue weighted by Crippen LogP contribution is 2.16. The predicted octanol–water partition coefficient (Wildman–Crippen LogP) is 3.46. The predicted molar refractivity (Wildman–Crippen MR) is 70.9 cm³/mol. The van der Waals surface area contributed by atoms with Crippen molar-refractivity contribution in [2.24, 2.45) is 0 Å². The van der Waals surface area contributed by atoms with Gasteiger partial charge in [0, 0.05) is 11.5 Å². The number of carbonyl (C=O) groups excluding carboxylic acids is 1. The first kappa shape index (κ1) is 12.1. The van der Waals surface area contributed by atoms with Gasteiger partial charge in [0.1, 0.15) is 5.76 Å². The van der Waals surface area contributed by atoms with E-state index in [2.05, 4.69) is 26.2 Å². The van der Waals surface area contributed by atoms with Crippen LogP contribution < -0.4 is 5.32 Å². The zero-order chi connectivity index (χ0) is 12.3. The standard InChI is InChI=1S/C11H9BrN2O2S/c1-7-6-17-11(13-7)14-10(15)5-3-8-2-4-9(12)16-8/h2-6H,1H3,(H,13,14,15)/b5-3+. The largest absolute Gasteiger partial charge is 0.450 e. The van der Waals surface area contributed by atoms with Crippen LogP contribution in [0.1, 0.15) is 11.5 Å². The molecule has 2 aromatic heterocycles. The molecule has 0 aliphatic heterocycles. The van der Waals surface area contributed by atoms with E-state index in [1.165, 1.54) is 17.4 Å². The molecule has 0 aromatic carbocycles. The Morgan fingerprint density at radius 2 is 2.41 bits per heavy atom. The van der Waals surface area contributed by atoms with Gasteiger partial charge >= 0.3 is 0 Å². The van der Waals surface area contributed by atoms with Gasteiger partial charge < -0.3 is 4.42 Å². The summed E-state index contributed by atoms with van der Waals surface area (Å²) in [5, 5.41) is 5.14. The number of nitrogens with zero attached hydrogens (tertiary/aromatic N) is 1. The molecule has 0 atom stereocenters. The topological polar surface area (TPSA) is 55.1 Å². The number of halogens is 1. The Morgan fingerprint density at radius 1 is 1.59 bits per heavy atom. The lowest BCUT2D eigenvalue weighted by atomic mass is 10.4. The van der Waals surface area contributed by atoms with Crippen LogP contribution in [0.15, 0.2) is 32.7 Å². The number of hydrogen-bond acceptors (Lipinski definition) is 4. The zero-order valence-electron chi connectivity index (χ0n) is 8.94. The van der Waals surface area contributed by atoms with E-state index >= 15 is 0 Å². The van der Waals surface area contributed by atoms with Crippen LogP contribution >= 0.6 is 27.3 Å². The number of amides is 1. The van der Waals surface area contributed by atoms with Gasteiger partial charge in [-0.3, -0.25) is 10.1 Å². The molecule has 0 aliphatic rings. The molecule has 1 N–H and O–H groups in total. The summed E-state index contributed by atoms with van der Waals surface area (Å²) in [6.45, 7) is 1.88. The molecule has 0 spiro atoms. The molecule has 6 heteroatoms. The quantitative estimate of drug-likeness (QED) is 0.883. The summed E-state index contributed by atoms with van der Waals surface area (Å²) in [5.74, 6) is 0.384. The Balaban J connectivity index is 1.95. The third-order valence-electron chi connectivity index (χ3n) is 1.84. The summed E-state index contributed by atoms with van der Waals surface area (Å²) in [6.07, 6.45) is 3.00. The van der Waals surface area contributed by atoms with Crippen LogP contribution in [-0.2, 0) is 4.79 Å². The lowest BCUT2D eigenvalue weighted by Crippen LogP contribution is -2.07. The molecular formula is C11H9BrN2O2S. The molecule has 88 valence electrons. The molecule has 0 unspecified atom stereocenters. The average molecular weight is 313 g/mol. The van der Waals surface area contributed by atoms with E-state index in [-0.39, 0.29) is 5.91 Å². The van der Waals surface area contributed by atoms with Gasteiger partial charge in [-0.2, -0.15) is 0 Å². The van der Waals surface area contributed by atoms with Crippen LogP contribution in [-0.4, -0.2) is 10.9 Å². The number of hydrogen-bond donors (Lipinski definition) is 1. The molecule has 17 heavy (non-hydrogen) atoms. The molecule has 2 heterocycles. The van der Waals surface area contributed by atoms with Crippen LogP contribution in [0.2, 0.25) is 0 Å². The molecule has 2 rings (SSSR count). The lowest BCUT2D eigenvalue weighted by molar-refractivity contribution is -0.111. The van der Waals surface area contributed by atoms with Gasteiger partial charge in [0.05, 0.1) is 5.69 Å². The number of anilines is 1. The van der Waals surface area contributed by atoms with Crippen molar-refractivity contribution >= 4 is 44.4 Å². The number of nitrogens with one attached hydrogen (secondary N) is 1. The van der Waals surface area contributed by atoms with Gasteiger partial charge in [-0.15, -0.1) is 11.3 Å². The number of furan rings is 1. The summed E-state index contributed by atoms with van der Waals surface area (Å²) in [7, 11) is 0. The van der Waals surface area contributed by atoms with Crippen LogP contribution in [0.3, 0.4) is 0 Å². The van der Waals surface area contributed by atoms with Crippen molar-refractivity contribution in [2.75, 3.05) is 5.32 Å². The summed E-state index contributed by atoms with van der Waals surface area (Å²) in [6, 6.07) is 3.53. The Labute approximate surface area is 110 Å². The Morgan fingerprint density at radius 3 is 3.00 bits per heavy atom. The van der Waals surface area contributed by atoms with Gasteiger partial charge in [-0.05, 0) is 41.1 Å². The van der Waals surface area contributed by atoms with Crippen LogP contribution in [0, 0.1) is 6.92 Å². The molecule has 0 bridgehead atoms. The highest BCUT2D eigenvalue weighted by atomic mass is 79.9. The zero-order valence-corrected chi connectivity index (χ0v) is 11.3. The van der Waals surface area contributed by atoms with E-state index in [9.17, 15) is 4.79 Å². The maximum atomic E-state index is 11.5. The second kappa shape index (κ2) is 5.29. The number of aryl methyl sites for hydroxylation is 1. The minimum atomic E-state index is -0.230. The third kappa shape index (κ3) is 3.54. The molecule has 0 fully saturated rings. The van der Waals surface area contributed by atoms with Gasteiger partial charge in [0.2, 0.25) is 5.91 Å². The summed E-state index contributed by atoms with van der Waals surface area (Å²) in [5.41, 5.74) is 0.893. The van der Waals surface area contributed by atoms with Gasteiger partial charge in [0.15, 0.2) is 9.80 Å². The number of thiazole rings is 1. The number of aromatic nitrogens is 1. The van der Waals surface area contributed by atoms with Gasteiger partial charge in [-0.25, -0.2) is 4.98 Å². The van der Waals surface area contributed by atoms with E-state index in [1.54, 1.807) is 18.2 Å².